The van der Waals surface area contributed by atoms with E-state index in [-0.39, 0.29) is 11.8 Å². The maximum absolute atomic E-state index is 11.2. The molecule has 0 bridgehead atoms. The molecular formula is C14H16N2O3. The van der Waals surface area contributed by atoms with Crippen LogP contribution in [0.4, 0.5) is 0 Å². The number of carbonyl (C=O) groups is 1. The van der Waals surface area contributed by atoms with E-state index in [0.717, 1.165) is 5.56 Å². The van der Waals surface area contributed by atoms with Crippen LogP contribution >= 0.6 is 0 Å². The molecule has 2 rings (SSSR count). The topological polar surface area (TPSA) is 64.4 Å². The minimum Gasteiger partial charge on any atom is -0.463 e. The first-order valence-corrected chi connectivity index (χ1v) is 6.01. The lowest BCUT2D eigenvalue weighted by atomic mass is 10.1. The summed E-state index contributed by atoms with van der Waals surface area (Å²) < 4.78 is 9.95. The first-order chi connectivity index (χ1) is 9.20. The van der Waals surface area contributed by atoms with Crippen LogP contribution in [-0.2, 0) is 11.3 Å². The second kappa shape index (κ2) is 6.15. The van der Waals surface area contributed by atoms with Crippen LogP contribution in [0.5, 0.6) is 0 Å². The summed E-state index contributed by atoms with van der Waals surface area (Å²) >= 11 is 0. The van der Waals surface area contributed by atoms with Gasteiger partial charge < -0.3 is 14.5 Å². The third-order valence-electron chi connectivity index (χ3n) is 2.82. The molecule has 2 heterocycles. The fraction of sp³-hybridized carbons (Fsp3) is 0.286. The number of aromatic nitrogens is 1. The van der Waals surface area contributed by atoms with Crippen LogP contribution in [0.25, 0.3) is 0 Å². The van der Waals surface area contributed by atoms with Crippen molar-refractivity contribution in [3.05, 3.63) is 53.7 Å². The molecule has 0 aliphatic heterocycles. The Labute approximate surface area is 111 Å². The highest BCUT2D eigenvalue weighted by Crippen LogP contribution is 2.13. The second-order valence-corrected chi connectivity index (χ2v) is 4.15. The standard InChI is InChI=1S/C14H16N2O3/c1-10(11-4-3-7-15-8-11)16-9-12-5-6-13(19-12)14(17)18-2/h3-8,10,16H,9H2,1-2H3. The quantitative estimate of drug-likeness (QED) is 0.836. The third kappa shape index (κ3) is 3.42. The molecule has 100 valence electrons. The predicted octanol–water partition coefficient (Wildman–Crippen LogP) is 2.31. The van der Waals surface area contributed by atoms with Crippen molar-refractivity contribution in [2.75, 3.05) is 7.11 Å². The van der Waals surface area contributed by atoms with Crippen LogP contribution in [-0.4, -0.2) is 18.1 Å². The lowest BCUT2D eigenvalue weighted by molar-refractivity contribution is 0.0563. The van der Waals surface area contributed by atoms with Crippen LogP contribution < -0.4 is 5.32 Å². The van der Waals surface area contributed by atoms with Crippen LogP contribution in [0.2, 0.25) is 0 Å². The van der Waals surface area contributed by atoms with Crippen molar-refractivity contribution >= 4 is 5.97 Å². The highest BCUT2D eigenvalue weighted by Gasteiger charge is 2.11. The molecule has 5 heteroatoms. The van der Waals surface area contributed by atoms with Crippen molar-refractivity contribution < 1.29 is 13.9 Å². The van der Waals surface area contributed by atoms with Gasteiger partial charge in [0.05, 0.1) is 13.7 Å². The average molecular weight is 260 g/mol. The zero-order valence-corrected chi connectivity index (χ0v) is 10.9. The maximum atomic E-state index is 11.2. The Hall–Kier alpha value is -2.14. The summed E-state index contributed by atoms with van der Waals surface area (Å²) in [5.41, 5.74) is 1.10. The van der Waals surface area contributed by atoms with Gasteiger partial charge in [-0.25, -0.2) is 4.79 Å². The van der Waals surface area contributed by atoms with Crippen LogP contribution in [0.3, 0.4) is 0 Å². The molecule has 0 aliphatic carbocycles. The first kappa shape index (κ1) is 13.3. The Morgan fingerprint density at radius 2 is 2.32 bits per heavy atom. The summed E-state index contributed by atoms with van der Waals surface area (Å²) in [5, 5.41) is 3.30. The van der Waals surface area contributed by atoms with Gasteiger partial charge in [-0.2, -0.15) is 0 Å². The number of esters is 1. The Bertz CT molecular complexity index is 537. The van der Waals surface area contributed by atoms with Gasteiger partial charge in [0, 0.05) is 18.4 Å². The van der Waals surface area contributed by atoms with Gasteiger partial charge >= 0.3 is 5.97 Å². The van der Waals surface area contributed by atoms with Gasteiger partial charge in [-0.05, 0) is 30.7 Å². The monoisotopic (exact) mass is 260 g/mol. The molecule has 0 aliphatic rings. The van der Waals surface area contributed by atoms with Crippen molar-refractivity contribution in [3.63, 3.8) is 0 Å². The molecule has 2 aromatic heterocycles. The predicted molar refractivity (Wildman–Crippen MR) is 69.5 cm³/mol. The van der Waals surface area contributed by atoms with Gasteiger partial charge in [-0.15, -0.1) is 0 Å². The van der Waals surface area contributed by atoms with E-state index in [4.69, 9.17) is 4.42 Å². The molecule has 0 spiro atoms. The maximum Gasteiger partial charge on any atom is 0.373 e. The Balaban J connectivity index is 1.92. The van der Waals surface area contributed by atoms with Crippen molar-refractivity contribution in [1.82, 2.24) is 10.3 Å². The highest BCUT2D eigenvalue weighted by molar-refractivity contribution is 5.86. The van der Waals surface area contributed by atoms with Gasteiger partial charge in [0.2, 0.25) is 5.76 Å². The van der Waals surface area contributed by atoms with Gasteiger partial charge in [0.25, 0.3) is 0 Å². The number of nitrogens with one attached hydrogen (secondary N) is 1. The minimum absolute atomic E-state index is 0.153. The zero-order valence-electron chi connectivity index (χ0n) is 10.9. The van der Waals surface area contributed by atoms with Gasteiger partial charge in [-0.3, -0.25) is 4.98 Å². The van der Waals surface area contributed by atoms with Crippen molar-refractivity contribution in [1.29, 1.82) is 0 Å². The van der Waals surface area contributed by atoms with Gasteiger partial charge in [0.15, 0.2) is 0 Å². The van der Waals surface area contributed by atoms with Gasteiger partial charge in [-0.1, -0.05) is 6.07 Å². The molecule has 0 saturated heterocycles. The SMILES string of the molecule is COC(=O)c1ccc(CNC(C)c2cccnc2)o1. The molecule has 5 nitrogen and oxygen atoms in total. The molecule has 1 N–H and O–H groups in total. The van der Waals surface area contributed by atoms with Crippen molar-refractivity contribution in [3.8, 4) is 0 Å². The third-order valence-corrected chi connectivity index (χ3v) is 2.82. The molecule has 0 fully saturated rings. The van der Waals surface area contributed by atoms with Crippen LogP contribution in [0.15, 0.2) is 41.1 Å². The zero-order chi connectivity index (χ0) is 13.7. The molecule has 0 amide bonds. The number of nitrogens with zero attached hydrogens (tertiary/aromatic N) is 1. The molecule has 1 atom stereocenters. The van der Waals surface area contributed by atoms with E-state index in [9.17, 15) is 4.79 Å². The van der Waals surface area contributed by atoms with Crippen LogP contribution in [0, 0.1) is 0 Å². The number of rotatable bonds is 5. The molecule has 1 unspecified atom stereocenters. The molecule has 0 aromatic carbocycles. The highest BCUT2D eigenvalue weighted by atomic mass is 16.5. The summed E-state index contributed by atoms with van der Waals surface area (Å²) in [6, 6.07) is 7.43. The number of furan rings is 1. The summed E-state index contributed by atoms with van der Waals surface area (Å²) in [6.45, 7) is 2.58. The number of ether oxygens (including phenoxy) is 1. The Morgan fingerprint density at radius 1 is 1.47 bits per heavy atom. The van der Waals surface area contributed by atoms with E-state index in [1.807, 2.05) is 25.3 Å². The summed E-state index contributed by atoms with van der Waals surface area (Å²) in [7, 11) is 1.33. The Morgan fingerprint density at radius 3 is 3.00 bits per heavy atom. The van der Waals surface area contributed by atoms with E-state index in [2.05, 4.69) is 15.0 Å². The summed E-state index contributed by atoms with van der Waals surface area (Å²) in [6.07, 6.45) is 3.56. The fourth-order valence-corrected chi connectivity index (χ4v) is 1.69. The molecule has 0 saturated carbocycles. The van der Waals surface area contributed by atoms with Crippen molar-refractivity contribution in [2.45, 2.75) is 19.5 Å². The Kier molecular flexibility index (Phi) is 4.30. The largest absolute Gasteiger partial charge is 0.463 e. The van der Waals surface area contributed by atoms with E-state index in [0.29, 0.717) is 12.3 Å². The van der Waals surface area contributed by atoms with E-state index >= 15 is 0 Å². The first-order valence-electron chi connectivity index (χ1n) is 6.01. The average Bonchev–Trinajstić information content (AvgIpc) is 2.93. The molecule has 2 aromatic rings. The lowest BCUT2D eigenvalue weighted by Crippen LogP contribution is -2.17. The van der Waals surface area contributed by atoms with Crippen molar-refractivity contribution in [2.24, 2.45) is 0 Å². The smallest absolute Gasteiger partial charge is 0.373 e. The van der Waals surface area contributed by atoms with E-state index in [1.165, 1.54) is 7.11 Å². The minimum atomic E-state index is -0.466. The molecule has 19 heavy (non-hydrogen) atoms. The number of methoxy groups -OCH3 is 1. The second-order valence-electron chi connectivity index (χ2n) is 4.15. The summed E-state index contributed by atoms with van der Waals surface area (Å²) in [5.74, 6) is 0.441. The number of hydrogen-bond donors (Lipinski definition) is 1. The summed E-state index contributed by atoms with van der Waals surface area (Å²) in [4.78, 5) is 15.3. The number of pyridine rings is 1. The van der Waals surface area contributed by atoms with E-state index in [1.54, 1.807) is 18.3 Å². The molecule has 0 radical (unpaired) electrons. The van der Waals surface area contributed by atoms with Gasteiger partial charge in [0.1, 0.15) is 5.76 Å². The van der Waals surface area contributed by atoms with Crippen LogP contribution in [0.1, 0.15) is 34.8 Å². The fourth-order valence-electron chi connectivity index (χ4n) is 1.69. The molecular weight excluding hydrogens is 244 g/mol. The lowest BCUT2D eigenvalue weighted by Gasteiger charge is -2.12. The number of hydrogen-bond acceptors (Lipinski definition) is 5. The van der Waals surface area contributed by atoms with E-state index < -0.39 is 5.97 Å². The number of carbonyl (C=O) groups excluding carboxylic acids is 1. The normalized spacial score (nSPS) is 12.1.